The third kappa shape index (κ3) is 4.44. The molecule has 0 spiro atoms. The summed E-state index contributed by atoms with van der Waals surface area (Å²) in [5.41, 5.74) is 3.24. The molecule has 6 nitrogen and oxygen atoms in total. The van der Waals surface area contributed by atoms with Gasteiger partial charge in [-0.05, 0) is 38.5 Å². The molecule has 2 amide bonds. The monoisotopic (exact) mass is 349 g/mol. The Morgan fingerprint density at radius 1 is 1.42 bits per heavy atom. The number of hydrogen-bond acceptors (Lipinski definition) is 4. The molecule has 0 fully saturated rings. The quantitative estimate of drug-likeness (QED) is 0.899. The van der Waals surface area contributed by atoms with E-state index < -0.39 is 10.8 Å². The SMILES string of the molecule is Cc1coc(-c2ccc(C)c(NC(=O)N(C)[C@@H](C)C[S@](C)=O)c2)n1. The number of urea groups is 1. The molecule has 1 aromatic heterocycles. The number of carbonyl (C=O) groups excluding carboxylic acids is 1. The van der Waals surface area contributed by atoms with Gasteiger partial charge in [0.2, 0.25) is 5.89 Å². The van der Waals surface area contributed by atoms with Crippen molar-refractivity contribution >= 4 is 22.5 Å². The van der Waals surface area contributed by atoms with E-state index in [1.807, 2.05) is 39.0 Å². The summed E-state index contributed by atoms with van der Waals surface area (Å²) in [6.45, 7) is 5.66. The molecule has 0 aliphatic carbocycles. The molecule has 0 aliphatic rings. The Labute approximate surface area is 144 Å². The summed E-state index contributed by atoms with van der Waals surface area (Å²) in [5, 5.41) is 2.90. The summed E-state index contributed by atoms with van der Waals surface area (Å²) in [5.74, 6) is 0.963. The molecule has 0 radical (unpaired) electrons. The lowest BCUT2D eigenvalue weighted by Crippen LogP contribution is -2.41. The molecular formula is C17H23N3O3S. The smallest absolute Gasteiger partial charge is 0.321 e. The molecule has 1 aromatic carbocycles. The minimum absolute atomic E-state index is 0.117. The summed E-state index contributed by atoms with van der Waals surface area (Å²) < 4.78 is 16.7. The minimum Gasteiger partial charge on any atom is -0.444 e. The number of aryl methyl sites for hydroxylation is 2. The van der Waals surface area contributed by atoms with Gasteiger partial charge in [0.25, 0.3) is 0 Å². The van der Waals surface area contributed by atoms with Crippen molar-refractivity contribution in [2.24, 2.45) is 0 Å². The lowest BCUT2D eigenvalue weighted by Gasteiger charge is -2.25. The van der Waals surface area contributed by atoms with Crippen LogP contribution in [0.3, 0.4) is 0 Å². The number of amides is 2. The lowest BCUT2D eigenvalue weighted by atomic mass is 10.1. The van der Waals surface area contributed by atoms with Gasteiger partial charge in [-0.25, -0.2) is 9.78 Å². The number of hydrogen-bond donors (Lipinski definition) is 1. The average Bonchev–Trinajstić information content (AvgIpc) is 2.94. The van der Waals surface area contributed by atoms with E-state index in [9.17, 15) is 9.00 Å². The van der Waals surface area contributed by atoms with Gasteiger partial charge in [0, 0.05) is 47.1 Å². The normalized spacial score (nSPS) is 13.4. The summed E-state index contributed by atoms with van der Waals surface area (Å²) >= 11 is 0. The van der Waals surface area contributed by atoms with Crippen LogP contribution < -0.4 is 5.32 Å². The molecule has 0 aliphatic heterocycles. The highest BCUT2D eigenvalue weighted by atomic mass is 32.2. The van der Waals surface area contributed by atoms with Crippen molar-refractivity contribution in [3.8, 4) is 11.5 Å². The van der Waals surface area contributed by atoms with Gasteiger partial charge in [-0.3, -0.25) is 4.21 Å². The number of aromatic nitrogens is 1. The molecule has 0 bridgehead atoms. The zero-order chi connectivity index (χ0) is 17.9. The highest BCUT2D eigenvalue weighted by molar-refractivity contribution is 7.84. The number of carbonyl (C=O) groups is 1. The van der Waals surface area contributed by atoms with Crippen molar-refractivity contribution in [1.29, 1.82) is 0 Å². The van der Waals surface area contributed by atoms with Gasteiger partial charge in [0.15, 0.2) is 0 Å². The second kappa shape index (κ2) is 7.61. The minimum atomic E-state index is -0.952. The number of rotatable bonds is 5. The number of nitrogens with one attached hydrogen (secondary N) is 1. The van der Waals surface area contributed by atoms with Crippen molar-refractivity contribution in [1.82, 2.24) is 9.88 Å². The van der Waals surface area contributed by atoms with Crippen LogP contribution in [0.4, 0.5) is 10.5 Å². The molecule has 0 saturated heterocycles. The van der Waals surface area contributed by atoms with Gasteiger partial charge < -0.3 is 14.6 Å². The summed E-state index contributed by atoms with van der Waals surface area (Å²) in [6, 6.07) is 5.30. The molecular weight excluding hydrogens is 326 g/mol. The molecule has 130 valence electrons. The Morgan fingerprint density at radius 2 is 2.12 bits per heavy atom. The molecule has 1 N–H and O–H groups in total. The van der Waals surface area contributed by atoms with Crippen LogP contribution in [-0.2, 0) is 10.8 Å². The van der Waals surface area contributed by atoms with E-state index in [4.69, 9.17) is 4.42 Å². The Morgan fingerprint density at radius 3 is 2.71 bits per heavy atom. The molecule has 24 heavy (non-hydrogen) atoms. The second-order valence-electron chi connectivity index (χ2n) is 5.95. The lowest BCUT2D eigenvalue weighted by molar-refractivity contribution is 0.212. The van der Waals surface area contributed by atoms with Crippen LogP contribution in [0.1, 0.15) is 18.2 Å². The van der Waals surface area contributed by atoms with Gasteiger partial charge in [0.05, 0.1) is 5.69 Å². The first-order valence-electron chi connectivity index (χ1n) is 7.65. The molecule has 0 saturated carbocycles. The molecule has 2 atom stereocenters. The Bertz CT molecular complexity index is 757. The zero-order valence-electron chi connectivity index (χ0n) is 14.6. The number of anilines is 1. The zero-order valence-corrected chi connectivity index (χ0v) is 15.4. The first kappa shape index (κ1) is 18.2. The van der Waals surface area contributed by atoms with E-state index in [0.717, 1.165) is 16.8 Å². The highest BCUT2D eigenvalue weighted by Gasteiger charge is 2.18. The van der Waals surface area contributed by atoms with Gasteiger partial charge in [-0.2, -0.15) is 0 Å². The third-order valence-electron chi connectivity index (χ3n) is 3.80. The highest BCUT2D eigenvalue weighted by Crippen LogP contribution is 2.25. The van der Waals surface area contributed by atoms with E-state index in [-0.39, 0.29) is 12.1 Å². The number of oxazole rings is 1. The fraction of sp³-hybridized carbons (Fsp3) is 0.412. The van der Waals surface area contributed by atoms with E-state index in [1.165, 1.54) is 0 Å². The Balaban J connectivity index is 2.16. The topological polar surface area (TPSA) is 75.4 Å². The third-order valence-corrected chi connectivity index (χ3v) is 4.75. The maximum Gasteiger partial charge on any atom is 0.321 e. The average molecular weight is 349 g/mol. The van der Waals surface area contributed by atoms with Crippen LogP contribution >= 0.6 is 0 Å². The van der Waals surface area contributed by atoms with E-state index in [1.54, 1.807) is 24.5 Å². The predicted octanol–water partition coefficient (Wildman–Crippen LogP) is 3.19. The van der Waals surface area contributed by atoms with E-state index >= 15 is 0 Å². The molecule has 2 rings (SSSR count). The van der Waals surface area contributed by atoms with Crippen LogP contribution in [0.2, 0.25) is 0 Å². The largest absolute Gasteiger partial charge is 0.444 e. The summed E-state index contributed by atoms with van der Waals surface area (Å²) in [6.07, 6.45) is 3.22. The molecule has 0 unspecified atom stereocenters. The molecule has 7 heteroatoms. The fourth-order valence-electron chi connectivity index (χ4n) is 2.23. The maximum atomic E-state index is 12.4. The number of benzene rings is 1. The Kier molecular flexibility index (Phi) is 5.77. The van der Waals surface area contributed by atoms with Crippen LogP contribution in [0.15, 0.2) is 28.9 Å². The number of nitrogens with zero attached hydrogens (tertiary/aromatic N) is 2. The summed E-state index contributed by atoms with van der Waals surface area (Å²) in [7, 11) is 0.746. The van der Waals surface area contributed by atoms with Crippen LogP contribution in [-0.4, -0.2) is 45.2 Å². The molecule has 2 aromatic rings. The van der Waals surface area contributed by atoms with Gasteiger partial charge >= 0.3 is 6.03 Å². The maximum absolute atomic E-state index is 12.4. The first-order valence-corrected chi connectivity index (χ1v) is 9.37. The standard InChI is InChI=1S/C17H23N3O3S/c1-11-6-7-14(16-18-12(2)9-23-16)8-15(11)19-17(21)20(4)13(3)10-24(5)22/h6-9,13H,10H2,1-5H3,(H,19,21)/t13-,24-/m0/s1. The van der Waals surface area contributed by atoms with Crippen LogP contribution in [0.5, 0.6) is 0 Å². The van der Waals surface area contributed by atoms with E-state index in [0.29, 0.717) is 17.3 Å². The Hall–Kier alpha value is -2.15. The van der Waals surface area contributed by atoms with Crippen LogP contribution in [0, 0.1) is 13.8 Å². The summed E-state index contributed by atoms with van der Waals surface area (Å²) in [4.78, 5) is 18.3. The first-order chi connectivity index (χ1) is 11.3. The predicted molar refractivity (Wildman–Crippen MR) is 96.6 cm³/mol. The van der Waals surface area contributed by atoms with Crippen molar-refractivity contribution in [3.63, 3.8) is 0 Å². The second-order valence-corrected chi connectivity index (χ2v) is 7.43. The van der Waals surface area contributed by atoms with Gasteiger partial charge in [-0.15, -0.1) is 0 Å². The van der Waals surface area contributed by atoms with Crippen molar-refractivity contribution in [3.05, 3.63) is 35.7 Å². The van der Waals surface area contributed by atoms with Gasteiger partial charge in [-0.1, -0.05) is 6.07 Å². The molecule has 1 heterocycles. The van der Waals surface area contributed by atoms with E-state index in [2.05, 4.69) is 10.3 Å². The van der Waals surface area contributed by atoms with Crippen molar-refractivity contribution in [2.45, 2.75) is 26.8 Å². The van der Waals surface area contributed by atoms with Gasteiger partial charge in [0.1, 0.15) is 6.26 Å². The van der Waals surface area contributed by atoms with Crippen LogP contribution in [0.25, 0.3) is 11.5 Å². The fourth-order valence-corrected chi connectivity index (χ4v) is 3.13. The van der Waals surface area contributed by atoms with Crippen molar-refractivity contribution < 1.29 is 13.4 Å². The van der Waals surface area contributed by atoms with Crippen molar-refractivity contribution in [2.75, 3.05) is 24.4 Å².